The second-order valence-corrected chi connectivity index (χ2v) is 6.78. The van der Waals surface area contributed by atoms with E-state index in [2.05, 4.69) is 0 Å². The SMILES string of the molecule is CCC/C=C/C(=O)O[C@H](CC=C(C)C)C1=CC(=O)c2c(O)ccc(O)c2C1=O. The molecule has 2 N–H and O–H groups in total. The first-order valence-electron chi connectivity index (χ1n) is 9.12. The molecular weight excluding hydrogens is 360 g/mol. The highest BCUT2D eigenvalue weighted by molar-refractivity contribution is 6.27. The number of aromatic hydroxyl groups is 2. The molecule has 1 aromatic rings. The summed E-state index contributed by atoms with van der Waals surface area (Å²) in [6.45, 7) is 5.70. The number of Topliss-reactive ketones (excluding diaryl/α,β-unsaturated/α-hetero) is 1. The molecule has 0 radical (unpaired) electrons. The number of phenolic OH excluding ortho intramolecular Hbond substituents is 2. The lowest BCUT2D eigenvalue weighted by molar-refractivity contribution is -0.141. The van der Waals surface area contributed by atoms with Crippen molar-refractivity contribution in [2.75, 3.05) is 0 Å². The number of ether oxygens (including phenoxy) is 1. The summed E-state index contributed by atoms with van der Waals surface area (Å²) in [4.78, 5) is 37.6. The molecule has 0 aromatic heterocycles. The molecule has 0 saturated heterocycles. The Hall–Kier alpha value is -3.15. The van der Waals surface area contributed by atoms with Gasteiger partial charge in [-0.05, 0) is 38.5 Å². The summed E-state index contributed by atoms with van der Waals surface area (Å²) >= 11 is 0. The number of carbonyl (C=O) groups excluding carboxylic acids is 3. The van der Waals surface area contributed by atoms with E-state index in [-0.39, 0.29) is 28.9 Å². The van der Waals surface area contributed by atoms with Crippen molar-refractivity contribution in [1.29, 1.82) is 0 Å². The molecule has 0 amide bonds. The highest BCUT2D eigenvalue weighted by Crippen LogP contribution is 2.36. The Morgan fingerprint density at radius 2 is 1.79 bits per heavy atom. The van der Waals surface area contributed by atoms with Crippen molar-refractivity contribution in [3.63, 3.8) is 0 Å². The second kappa shape index (κ2) is 9.17. The van der Waals surface area contributed by atoms with Crippen molar-refractivity contribution in [3.05, 3.63) is 58.7 Å². The zero-order chi connectivity index (χ0) is 20.8. The van der Waals surface area contributed by atoms with Crippen LogP contribution in [0.25, 0.3) is 0 Å². The molecule has 6 heteroatoms. The summed E-state index contributed by atoms with van der Waals surface area (Å²) in [6.07, 6.45) is 6.65. The van der Waals surface area contributed by atoms with Crippen LogP contribution in [0.2, 0.25) is 0 Å². The third-order valence-electron chi connectivity index (χ3n) is 4.24. The van der Waals surface area contributed by atoms with E-state index < -0.39 is 29.4 Å². The predicted octanol–water partition coefficient (Wildman–Crippen LogP) is 4.03. The van der Waals surface area contributed by atoms with Gasteiger partial charge in [0.15, 0.2) is 11.6 Å². The molecule has 28 heavy (non-hydrogen) atoms. The van der Waals surface area contributed by atoms with Crippen molar-refractivity contribution in [3.8, 4) is 11.5 Å². The molecule has 0 saturated carbocycles. The quantitative estimate of drug-likeness (QED) is 0.319. The number of allylic oxidation sites excluding steroid dienone is 3. The molecule has 0 unspecified atom stereocenters. The van der Waals surface area contributed by atoms with Crippen LogP contribution >= 0.6 is 0 Å². The third-order valence-corrected chi connectivity index (χ3v) is 4.24. The maximum absolute atomic E-state index is 12.9. The standard InChI is InChI=1S/C22H24O6/c1-4-5-6-7-19(26)28-18(11-8-13(2)3)14-12-17(25)20-15(23)9-10-16(24)21(20)22(14)27/h6-10,12,18,23-24H,4-5,11H2,1-3H3/b7-6+/t18-/m1/s1. The van der Waals surface area contributed by atoms with Crippen LogP contribution in [-0.4, -0.2) is 33.9 Å². The van der Waals surface area contributed by atoms with E-state index in [0.717, 1.165) is 30.2 Å². The van der Waals surface area contributed by atoms with Crippen molar-refractivity contribution in [2.45, 2.75) is 46.1 Å². The number of carbonyl (C=O) groups is 3. The lowest BCUT2D eigenvalue weighted by Gasteiger charge is -2.23. The molecule has 0 heterocycles. The van der Waals surface area contributed by atoms with Crippen LogP contribution in [0.15, 0.2) is 47.6 Å². The van der Waals surface area contributed by atoms with Gasteiger partial charge in [-0.3, -0.25) is 9.59 Å². The average molecular weight is 384 g/mol. The predicted molar refractivity (Wildman–Crippen MR) is 104 cm³/mol. The van der Waals surface area contributed by atoms with Gasteiger partial charge in [0.2, 0.25) is 0 Å². The van der Waals surface area contributed by atoms with Gasteiger partial charge in [0.25, 0.3) is 0 Å². The number of fused-ring (bicyclic) bond motifs is 1. The highest BCUT2D eigenvalue weighted by Gasteiger charge is 2.35. The van der Waals surface area contributed by atoms with E-state index in [1.165, 1.54) is 6.08 Å². The summed E-state index contributed by atoms with van der Waals surface area (Å²) < 4.78 is 5.44. The van der Waals surface area contributed by atoms with Crippen molar-refractivity contribution in [2.24, 2.45) is 0 Å². The third kappa shape index (κ3) is 4.76. The zero-order valence-corrected chi connectivity index (χ0v) is 16.2. The van der Waals surface area contributed by atoms with Crippen LogP contribution in [0, 0.1) is 0 Å². The van der Waals surface area contributed by atoms with Gasteiger partial charge in [-0.2, -0.15) is 0 Å². The Labute approximate surface area is 163 Å². The van der Waals surface area contributed by atoms with E-state index in [1.807, 2.05) is 20.8 Å². The van der Waals surface area contributed by atoms with Crippen LogP contribution in [0.1, 0.15) is 60.7 Å². The number of esters is 1. The molecule has 1 aliphatic carbocycles. The maximum Gasteiger partial charge on any atom is 0.331 e. The van der Waals surface area contributed by atoms with Gasteiger partial charge in [-0.25, -0.2) is 4.79 Å². The first-order chi connectivity index (χ1) is 13.3. The van der Waals surface area contributed by atoms with Gasteiger partial charge in [0, 0.05) is 18.1 Å². The molecule has 2 rings (SSSR count). The van der Waals surface area contributed by atoms with E-state index >= 15 is 0 Å². The normalized spacial score (nSPS) is 14.5. The summed E-state index contributed by atoms with van der Waals surface area (Å²) in [6, 6.07) is 2.30. The first kappa shape index (κ1) is 21.2. The van der Waals surface area contributed by atoms with Crippen molar-refractivity contribution in [1.82, 2.24) is 0 Å². The number of ketones is 2. The van der Waals surface area contributed by atoms with Gasteiger partial charge in [-0.1, -0.05) is 31.1 Å². The van der Waals surface area contributed by atoms with Crippen molar-refractivity contribution < 1.29 is 29.3 Å². The number of hydrogen-bond donors (Lipinski definition) is 2. The Morgan fingerprint density at radius 1 is 1.14 bits per heavy atom. The molecule has 0 spiro atoms. The fourth-order valence-electron chi connectivity index (χ4n) is 2.83. The lowest BCUT2D eigenvalue weighted by atomic mass is 9.85. The Kier molecular flexibility index (Phi) is 6.93. The Bertz CT molecular complexity index is 885. The van der Waals surface area contributed by atoms with E-state index in [9.17, 15) is 24.6 Å². The second-order valence-electron chi connectivity index (χ2n) is 6.78. The molecule has 1 atom stereocenters. The number of rotatable bonds is 7. The smallest absolute Gasteiger partial charge is 0.331 e. The summed E-state index contributed by atoms with van der Waals surface area (Å²) in [5, 5.41) is 20.0. The fourth-order valence-corrected chi connectivity index (χ4v) is 2.83. The molecular formula is C22H24O6. The largest absolute Gasteiger partial charge is 0.507 e. The minimum atomic E-state index is -0.986. The van der Waals surface area contributed by atoms with Gasteiger partial charge in [0.1, 0.15) is 17.6 Å². The van der Waals surface area contributed by atoms with E-state index in [4.69, 9.17) is 4.74 Å². The van der Waals surface area contributed by atoms with Gasteiger partial charge >= 0.3 is 5.97 Å². The van der Waals surface area contributed by atoms with Crippen LogP contribution in [0.3, 0.4) is 0 Å². The van der Waals surface area contributed by atoms with Gasteiger partial charge in [-0.15, -0.1) is 0 Å². The van der Waals surface area contributed by atoms with Crippen LogP contribution in [0.5, 0.6) is 11.5 Å². The number of hydrogen-bond acceptors (Lipinski definition) is 6. The first-order valence-corrected chi connectivity index (χ1v) is 9.12. The maximum atomic E-state index is 12.9. The molecule has 0 aliphatic heterocycles. The minimum Gasteiger partial charge on any atom is -0.507 e. The monoisotopic (exact) mass is 384 g/mol. The number of unbranched alkanes of at least 4 members (excludes halogenated alkanes) is 1. The highest BCUT2D eigenvalue weighted by atomic mass is 16.5. The Balaban J connectivity index is 2.41. The molecule has 0 fully saturated rings. The molecule has 0 bridgehead atoms. The van der Waals surface area contributed by atoms with Crippen LogP contribution in [-0.2, 0) is 9.53 Å². The molecule has 6 nitrogen and oxygen atoms in total. The number of phenols is 2. The topological polar surface area (TPSA) is 101 Å². The van der Waals surface area contributed by atoms with Crippen LogP contribution < -0.4 is 0 Å². The zero-order valence-electron chi connectivity index (χ0n) is 16.2. The summed E-state index contributed by atoms with van der Waals surface area (Å²) in [5.41, 5.74) is 0.401. The summed E-state index contributed by atoms with van der Waals surface area (Å²) in [5.74, 6) is -2.69. The van der Waals surface area contributed by atoms with E-state index in [0.29, 0.717) is 6.42 Å². The fraction of sp³-hybridized carbons (Fsp3) is 0.318. The lowest BCUT2D eigenvalue weighted by Crippen LogP contribution is -2.28. The van der Waals surface area contributed by atoms with Crippen molar-refractivity contribution >= 4 is 17.5 Å². The average Bonchev–Trinajstić information content (AvgIpc) is 2.63. The van der Waals surface area contributed by atoms with Gasteiger partial charge in [0.05, 0.1) is 11.1 Å². The Morgan fingerprint density at radius 3 is 2.39 bits per heavy atom. The van der Waals surface area contributed by atoms with E-state index in [1.54, 1.807) is 12.2 Å². The minimum absolute atomic E-state index is 0.0341. The number of benzene rings is 1. The van der Waals surface area contributed by atoms with Crippen LogP contribution in [0.4, 0.5) is 0 Å². The molecule has 1 aliphatic rings. The summed E-state index contributed by atoms with van der Waals surface area (Å²) in [7, 11) is 0. The van der Waals surface area contributed by atoms with Gasteiger partial charge < -0.3 is 14.9 Å². The molecule has 148 valence electrons. The molecule has 1 aromatic carbocycles.